The molecule has 0 saturated carbocycles. The molecule has 0 aliphatic carbocycles. The Bertz CT molecular complexity index is 1010. The van der Waals surface area contributed by atoms with Crippen LogP contribution in [0.5, 0.6) is 0 Å². The third kappa shape index (κ3) is 4.16. The quantitative estimate of drug-likeness (QED) is 0.312. The SMILES string of the molecule is C=CCN(C(=O)C1N(CCCCO)C(=O)[C@@H]2[C@@H](C(=O)OCC)[C@H]3CCC12O3)c1cc(C)ccc1C. The number of carbonyl (C=O) groups excluding carboxylic acids is 3. The van der Waals surface area contributed by atoms with Gasteiger partial charge in [-0.2, -0.15) is 0 Å². The lowest BCUT2D eigenvalue weighted by atomic mass is 9.70. The molecule has 0 radical (unpaired) electrons. The molecule has 190 valence electrons. The van der Waals surface area contributed by atoms with Gasteiger partial charge in [0.1, 0.15) is 11.6 Å². The number of anilines is 1. The molecular weight excluding hydrogens is 448 g/mol. The molecule has 3 aliphatic rings. The van der Waals surface area contributed by atoms with Gasteiger partial charge in [-0.25, -0.2) is 0 Å². The van der Waals surface area contributed by atoms with E-state index in [1.165, 1.54) is 0 Å². The van der Waals surface area contributed by atoms with Crippen molar-refractivity contribution in [2.75, 3.05) is 31.2 Å². The number of hydrogen-bond acceptors (Lipinski definition) is 6. The molecule has 5 atom stereocenters. The number of aryl methyl sites for hydroxylation is 2. The fourth-order valence-corrected chi connectivity index (χ4v) is 6.17. The lowest BCUT2D eigenvalue weighted by Gasteiger charge is -2.37. The summed E-state index contributed by atoms with van der Waals surface area (Å²) in [6, 6.07) is 5.08. The van der Waals surface area contributed by atoms with Crippen LogP contribution in [0.1, 0.15) is 43.7 Å². The molecule has 3 heterocycles. The monoisotopic (exact) mass is 484 g/mol. The van der Waals surface area contributed by atoms with Crippen molar-refractivity contribution in [1.29, 1.82) is 0 Å². The number of carbonyl (C=O) groups is 3. The van der Waals surface area contributed by atoms with Gasteiger partial charge in [-0.3, -0.25) is 14.4 Å². The molecule has 3 fully saturated rings. The van der Waals surface area contributed by atoms with Crippen LogP contribution in [0.4, 0.5) is 5.69 Å². The van der Waals surface area contributed by atoms with Gasteiger partial charge in [0.25, 0.3) is 5.91 Å². The number of aliphatic hydroxyl groups is 1. The number of aliphatic hydroxyl groups excluding tert-OH is 1. The fraction of sp³-hybridized carbons (Fsp3) is 0.593. The summed E-state index contributed by atoms with van der Waals surface area (Å²) in [7, 11) is 0. The number of fused-ring (bicyclic) bond motifs is 1. The van der Waals surface area contributed by atoms with Gasteiger partial charge in [-0.15, -0.1) is 6.58 Å². The third-order valence-corrected chi connectivity index (χ3v) is 7.63. The van der Waals surface area contributed by atoms with E-state index in [4.69, 9.17) is 9.47 Å². The highest BCUT2D eigenvalue weighted by Crippen LogP contribution is 2.59. The number of nitrogens with zero attached hydrogens (tertiary/aromatic N) is 2. The van der Waals surface area contributed by atoms with Crippen LogP contribution in [-0.2, 0) is 23.9 Å². The minimum absolute atomic E-state index is 0.00428. The van der Waals surface area contributed by atoms with E-state index in [0.717, 1.165) is 16.8 Å². The summed E-state index contributed by atoms with van der Waals surface area (Å²) in [4.78, 5) is 44.3. The van der Waals surface area contributed by atoms with Crippen LogP contribution in [0.25, 0.3) is 0 Å². The van der Waals surface area contributed by atoms with E-state index in [2.05, 4.69) is 6.58 Å². The molecule has 8 heteroatoms. The Hall–Kier alpha value is -2.71. The second kappa shape index (κ2) is 10.1. The molecule has 2 unspecified atom stereocenters. The molecule has 3 saturated heterocycles. The van der Waals surface area contributed by atoms with Crippen molar-refractivity contribution in [3.05, 3.63) is 42.0 Å². The summed E-state index contributed by atoms with van der Waals surface area (Å²) in [6.07, 6.45) is 3.45. The number of likely N-dealkylation sites (tertiary alicyclic amines) is 1. The van der Waals surface area contributed by atoms with Crippen LogP contribution < -0.4 is 4.90 Å². The summed E-state index contributed by atoms with van der Waals surface area (Å²) < 4.78 is 11.8. The van der Waals surface area contributed by atoms with Gasteiger partial charge in [0.15, 0.2) is 0 Å². The van der Waals surface area contributed by atoms with Gasteiger partial charge in [-0.1, -0.05) is 18.2 Å². The lowest BCUT2D eigenvalue weighted by molar-refractivity contribution is -0.154. The van der Waals surface area contributed by atoms with Crippen molar-refractivity contribution in [2.45, 2.75) is 64.2 Å². The lowest BCUT2D eigenvalue weighted by Crippen LogP contribution is -2.56. The molecule has 8 nitrogen and oxygen atoms in total. The first-order chi connectivity index (χ1) is 16.8. The first-order valence-corrected chi connectivity index (χ1v) is 12.6. The molecule has 1 N–H and O–H groups in total. The van der Waals surface area contributed by atoms with Gasteiger partial charge >= 0.3 is 5.97 Å². The molecule has 35 heavy (non-hydrogen) atoms. The Morgan fingerprint density at radius 1 is 1.34 bits per heavy atom. The van der Waals surface area contributed by atoms with Crippen LogP contribution >= 0.6 is 0 Å². The minimum Gasteiger partial charge on any atom is -0.466 e. The Kier molecular flexibility index (Phi) is 7.33. The van der Waals surface area contributed by atoms with E-state index in [1.807, 2.05) is 32.0 Å². The zero-order valence-electron chi connectivity index (χ0n) is 20.9. The second-order valence-electron chi connectivity index (χ2n) is 9.80. The first-order valence-electron chi connectivity index (χ1n) is 12.6. The standard InChI is InChI=1S/C27H36N2O6/c1-5-13-28(19-16-17(3)9-10-18(19)4)25(32)23-27-12-11-20(35-27)21(26(33)34-6-2)22(27)24(31)29(23)14-7-8-15-30/h5,9-10,16,20-23,30H,1,6-8,11-15H2,2-4H3/t20-,21+,22+,23?,27?/m1/s1. The number of amides is 2. The zero-order chi connectivity index (χ0) is 25.3. The Balaban J connectivity index is 1.77. The molecule has 1 aromatic rings. The minimum atomic E-state index is -1.06. The highest BCUT2D eigenvalue weighted by atomic mass is 16.6. The largest absolute Gasteiger partial charge is 0.466 e. The summed E-state index contributed by atoms with van der Waals surface area (Å²) >= 11 is 0. The first kappa shape index (κ1) is 25.4. The van der Waals surface area contributed by atoms with Crippen molar-refractivity contribution >= 4 is 23.5 Å². The Labute approximate surface area is 206 Å². The molecular formula is C27H36N2O6. The highest BCUT2D eigenvalue weighted by molar-refractivity contribution is 6.05. The van der Waals surface area contributed by atoms with Gasteiger partial charge in [0.05, 0.1) is 24.5 Å². The Morgan fingerprint density at radius 2 is 2.11 bits per heavy atom. The maximum Gasteiger partial charge on any atom is 0.312 e. The van der Waals surface area contributed by atoms with Crippen molar-refractivity contribution in [1.82, 2.24) is 4.90 Å². The predicted octanol–water partition coefficient (Wildman–Crippen LogP) is 2.53. The molecule has 1 aromatic carbocycles. The van der Waals surface area contributed by atoms with E-state index < -0.39 is 35.6 Å². The smallest absolute Gasteiger partial charge is 0.312 e. The fourth-order valence-electron chi connectivity index (χ4n) is 6.17. The van der Waals surface area contributed by atoms with Crippen LogP contribution in [0, 0.1) is 25.7 Å². The zero-order valence-corrected chi connectivity index (χ0v) is 20.9. The molecule has 2 amide bonds. The van der Waals surface area contributed by atoms with Crippen LogP contribution in [0.15, 0.2) is 30.9 Å². The number of unbranched alkanes of at least 4 members (excludes halogenated alkanes) is 1. The summed E-state index contributed by atoms with van der Waals surface area (Å²) in [5.74, 6) is -2.35. The van der Waals surface area contributed by atoms with E-state index in [9.17, 15) is 19.5 Å². The van der Waals surface area contributed by atoms with Crippen LogP contribution in [0.3, 0.4) is 0 Å². The molecule has 1 spiro atoms. The predicted molar refractivity (Wildman–Crippen MR) is 131 cm³/mol. The molecule has 4 rings (SSSR count). The van der Waals surface area contributed by atoms with E-state index in [1.54, 1.807) is 22.8 Å². The van der Waals surface area contributed by atoms with Gasteiger partial charge < -0.3 is 24.4 Å². The molecule has 3 aliphatic heterocycles. The number of ether oxygens (including phenoxy) is 2. The summed E-state index contributed by atoms with van der Waals surface area (Å²) in [5, 5.41) is 9.31. The highest BCUT2D eigenvalue weighted by Gasteiger charge is 2.75. The maximum atomic E-state index is 14.4. The summed E-state index contributed by atoms with van der Waals surface area (Å²) in [6.45, 7) is 10.3. The van der Waals surface area contributed by atoms with E-state index in [0.29, 0.717) is 32.2 Å². The third-order valence-electron chi connectivity index (χ3n) is 7.63. The number of rotatable bonds is 10. The van der Waals surface area contributed by atoms with Gasteiger partial charge in [0, 0.05) is 25.4 Å². The maximum absolute atomic E-state index is 14.4. The number of benzene rings is 1. The summed E-state index contributed by atoms with van der Waals surface area (Å²) in [5.41, 5.74) is 1.67. The van der Waals surface area contributed by atoms with Crippen molar-refractivity contribution in [2.24, 2.45) is 11.8 Å². The van der Waals surface area contributed by atoms with Crippen molar-refractivity contribution in [3.8, 4) is 0 Å². The van der Waals surface area contributed by atoms with E-state index in [-0.39, 0.29) is 31.6 Å². The van der Waals surface area contributed by atoms with Crippen LogP contribution in [0.2, 0.25) is 0 Å². The van der Waals surface area contributed by atoms with Gasteiger partial charge in [-0.05, 0) is 63.6 Å². The topological polar surface area (TPSA) is 96.4 Å². The van der Waals surface area contributed by atoms with Crippen molar-refractivity contribution in [3.63, 3.8) is 0 Å². The second-order valence-corrected chi connectivity index (χ2v) is 9.80. The average Bonchev–Trinajstić information content (AvgIpc) is 3.47. The normalized spacial score (nSPS) is 28.8. The number of esters is 1. The van der Waals surface area contributed by atoms with E-state index >= 15 is 0 Å². The molecule has 0 aromatic heterocycles. The molecule has 2 bridgehead atoms. The Morgan fingerprint density at radius 3 is 2.80 bits per heavy atom. The number of hydrogen-bond donors (Lipinski definition) is 1. The van der Waals surface area contributed by atoms with Gasteiger partial charge in [0.2, 0.25) is 5.91 Å². The van der Waals surface area contributed by atoms with Crippen LogP contribution in [-0.4, -0.2) is 71.8 Å². The van der Waals surface area contributed by atoms with Crippen molar-refractivity contribution < 1.29 is 29.0 Å². The average molecular weight is 485 g/mol.